The number of benzene rings is 1. The van der Waals surface area contributed by atoms with E-state index in [1.807, 2.05) is 45.0 Å². The van der Waals surface area contributed by atoms with Crippen LogP contribution < -0.4 is 10.6 Å². The Hall–Kier alpha value is -1.67. The van der Waals surface area contributed by atoms with Gasteiger partial charge in [-0.05, 0) is 32.9 Å². The second-order valence-corrected chi connectivity index (χ2v) is 6.54. The van der Waals surface area contributed by atoms with E-state index in [-0.39, 0.29) is 24.3 Å². The van der Waals surface area contributed by atoms with Gasteiger partial charge in [0.25, 0.3) is 0 Å². The first-order chi connectivity index (χ1) is 11.4. The van der Waals surface area contributed by atoms with Crippen LogP contribution in [0.5, 0.6) is 0 Å². The highest BCUT2D eigenvalue weighted by molar-refractivity contribution is 5.89. The van der Waals surface area contributed by atoms with E-state index < -0.39 is 12.1 Å². The molecule has 24 heavy (non-hydrogen) atoms. The number of urea groups is 1. The molecule has 2 aliphatic heterocycles. The maximum absolute atomic E-state index is 12.0. The molecule has 0 saturated carbocycles. The normalized spacial score (nSPS) is 30.8. The van der Waals surface area contributed by atoms with Crippen LogP contribution in [0.15, 0.2) is 24.3 Å². The van der Waals surface area contributed by atoms with E-state index in [1.165, 1.54) is 0 Å². The van der Waals surface area contributed by atoms with Gasteiger partial charge in [0.2, 0.25) is 0 Å². The zero-order valence-electron chi connectivity index (χ0n) is 14.4. The summed E-state index contributed by atoms with van der Waals surface area (Å²) in [5.41, 5.74) is 1.87. The molecule has 7 nitrogen and oxygen atoms in total. The van der Waals surface area contributed by atoms with Gasteiger partial charge in [-0.3, -0.25) is 0 Å². The molecule has 132 valence electrons. The number of ether oxygens (including phenoxy) is 4. The van der Waals surface area contributed by atoms with Crippen LogP contribution in [0.3, 0.4) is 0 Å². The summed E-state index contributed by atoms with van der Waals surface area (Å²) in [6.07, 6.45) is -1.39. The van der Waals surface area contributed by atoms with Crippen molar-refractivity contribution in [3.63, 3.8) is 0 Å². The maximum Gasteiger partial charge on any atom is 0.319 e. The van der Waals surface area contributed by atoms with Crippen LogP contribution in [0.1, 0.15) is 19.4 Å². The lowest BCUT2D eigenvalue weighted by molar-refractivity contribution is -0.215. The summed E-state index contributed by atoms with van der Waals surface area (Å²) in [5, 5.41) is 5.58. The van der Waals surface area contributed by atoms with E-state index in [1.54, 1.807) is 7.11 Å². The van der Waals surface area contributed by atoms with Crippen molar-refractivity contribution in [2.45, 2.75) is 51.2 Å². The number of carbonyl (C=O) groups excluding carboxylic acids is 1. The number of amides is 2. The third kappa shape index (κ3) is 3.70. The zero-order valence-corrected chi connectivity index (χ0v) is 14.4. The van der Waals surface area contributed by atoms with E-state index in [9.17, 15) is 4.79 Å². The number of fused-ring (bicyclic) bond motifs is 1. The molecule has 1 aromatic carbocycles. The minimum Gasteiger partial charge on any atom is -0.376 e. The van der Waals surface area contributed by atoms with Crippen molar-refractivity contribution in [3.8, 4) is 0 Å². The number of hydrogen-bond donors (Lipinski definition) is 2. The molecule has 1 aromatic rings. The van der Waals surface area contributed by atoms with Crippen molar-refractivity contribution < 1.29 is 23.7 Å². The zero-order chi connectivity index (χ0) is 17.3. The average Bonchev–Trinajstić information content (AvgIpc) is 2.98. The number of nitrogens with one attached hydrogen (secondary N) is 2. The average molecular weight is 336 g/mol. The van der Waals surface area contributed by atoms with Crippen molar-refractivity contribution in [2.24, 2.45) is 0 Å². The van der Waals surface area contributed by atoms with Crippen molar-refractivity contribution in [1.82, 2.24) is 5.32 Å². The van der Waals surface area contributed by atoms with Crippen molar-refractivity contribution in [3.05, 3.63) is 29.8 Å². The minimum atomic E-state index is -0.687. The number of carbonyl (C=O) groups is 1. The Morgan fingerprint density at radius 3 is 2.62 bits per heavy atom. The molecule has 2 amide bonds. The van der Waals surface area contributed by atoms with E-state index in [4.69, 9.17) is 18.9 Å². The van der Waals surface area contributed by atoms with E-state index >= 15 is 0 Å². The topological polar surface area (TPSA) is 78.1 Å². The number of methoxy groups -OCH3 is 1. The minimum absolute atomic E-state index is 0.294. The van der Waals surface area contributed by atoms with E-state index in [0.29, 0.717) is 6.54 Å². The molecule has 3 rings (SSSR count). The van der Waals surface area contributed by atoms with Crippen LogP contribution >= 0.6 is 0 Å². The Morgan fingerprint density at radius 1 is 1.25 bits per heavy atom. The molecule has 0 bridgehead atoms. The molecule has 0 aliphatic carbocycles. The summed E-state index contributed by atoms with van der Waals surface area (Å²) in [4.78, 5) is 12.0. The van der Waals surface area contributed by atoms with Crippen molar-refractivity contribution in [1.29, 1.82) is 0 Å². The Bertz CT molecular complexity index is 589. The summed E-state index contributed by atoms with van der Waals surface area (Å²) < 4.78 is 22.8. The fraction of sp³-hybridized carbons (Fsp3) is 0.588. The van der Waals surface area contributed by atoms with Crippen molar-refractivity contribution in [2.75, 3.05) is 19.0 Å². The molecule has 2 aliphatic rings. The molecule has 2 fully saturated rings. The van der Waals surface area contributed by atoms with Crippen LogP contribution in [-0.4, -0.2) is 50.1 Å². The second kappa shape index (κ2) is 6.68. The molecular formula is C17H24N2O5. The highest BCUT2D eigenvalue weighted by Gasteiger charge is 2.55. The highest BCUT2D eigenvalue weighted by Crippen LogP contribution is 2.38. The summed E-state index contributed by atoms with van der Waals surface area (Å²) in [7, 11) is 1.60. The van der Waals surface area contributed by atoms with Gasteiger partial charge in [0.15, 0.2) is 12.1 Å². The number of hydrogen-bond acceptors (Lipinski definition) is 5. The SMILES string of the molecule is CO[C@H]1[C@H]2OC(C)(C)O[C@H]2O[C@@H]1CNC(=O)Nc1ccc(C)cc1. The molecule has 0 aromatic heterocycles. The quantitative estimate of drug-likeness (QED) is 0.879. The van der Waals surface area contributed by atoms with Crippen LogP contribution in [0.25, 0.3) is 0 Å². The van der Waals surface area contributed by atoms with Crippen LogP contribution in [0, 0.1) is 6.92 Å². The number of anilines is 1. The van der Waals surface area contributed by atoms with E-state index in [0.717, 1.165) is 11.3 Å². The summed E-state index contributed by atoms with van der Waals surface area (Å²) >= 11 is 0. The van der Waals surface area contributed by atoms with Gasteiger partial charge in [-0.15, -0.1) is 0 Å². The Labute approximate surface area is 141 Å². The highest BCUT2D eigenvalue weighted by atomic mass is 16.8. The van der Waals surface area contributed by atoms with Crippen LogP contribution in [0.4, 0.5) is 10.5 Å². The van der Waals surface area contributed by atoms with Gasteiger partial charge in [-0.2, -0.15) is 0 Å². The lowest BCUT2D eigenvalue weighted by Crippen LogP contribution is -2.43. The predicted molar refractivity (Wildman–Crippen MR) is 87.7 cm³/mol. The summed E-state index contributed by atoms with van der Waals surface area (Å²) in [5.74, 6) is -0.687. The number of rotatable bonds is 4. The van der Waals surface area contributed by atoms with Gasteiger partial charge < -0.3 is 29.6 Å². The fourth-order valence-electron chi connectivity index (χ4n) is 3.00. The largest absolute Gasteiger partial charge is 0.376 e. The first-order valence-electron chi connectivity index (χ1n) is 8.03. The predicted octanol–water partition coefficient (Wildman–Crippen LogP) is 2.01. The van der Waals surface area contributed by atoms with Gasteiger partial charge in [0.05, 0.1) is 0 Å². The second-order valence-electron chi connectivity index (χ2n) is 6.54. The molecule has 0 radical (unpaired) electrons. The molecule has 2 N–H and O–H groups in total. The molecule has 4 atom stereocenters. The lowest BCUT2D eigenvalue weighted by Gasteiger charge is -2.25. The molecule has 0 spiro atoms. The summed E-state index contributed by atoms with van der Waals surface area (Å²) in [6.45, 7) is 5.97. The van der Waals surface area contributed by atoms with Crippen LogP contribution in [-0.2, 0) is 18.9 Å². The van der Waals surface area contributed by atoms with Gasteiger partial charge in [-0.25, -0.2) is 4.79 Å². The first-order valence-corrected chi connectivity index (χ1v) is 8.03. The third-order valence-electron chi connectivity index (χ3n) is 4.13. The Kier molecular flexibility index (Phi) is 4.78. The lowest BCUT2D eigenvalue weighted by atomic mass is 10.1. The monoisotopic (exact) mass is 336 g/mol. The number of aryl methyl sites for hydroxylation is 1. The van der Waals surface area contributed by atoms with E-state index in [2.05, 4.69) is 10.6 Å². The first kappa shape index (κ1) is 17.2. The molecule has 2 heterocycles. The van der Waals surface area contributed by atoms with Gasteiger partial charge in [0, 0.05) is 19.3 Å². The van der Waals surface area contributed by atoms with Crippen LogP contribution in [0.2, 0.25) is 0 Å². The third-order valence-corrected chi connectivity index (χ3v) is 4.13. The Morgan fingerprint density at radius 2 is 1.96 bits per heavy atom. The molecule has 7 heteroatoms. The standard InChI is InChI=1S/C17H24N2O5/c1-10-5-7-11(8-6-10)19-16(20)18-9-12-13(21-4)14-15(22-12)24-17(2,3)23-14/h5-8,12-15H,9H2,1-4H3,(H2,18,19,20)/t12-,13-,14-,15-/m1/s1. The van der Waals surface area contributed by atoms with Crippen molar-refractivity contribution >= 4 is 11.7 Å². The molecule has 0 unspecified atom stereocenters. The molecular weight excluding hydrogens is 312 g/mol. The fourth-order valence-corrected chi connectivity index (χ4v) is 3.00. The molecule has 2 saturated heterocycles. The Balaban J connectivity index is 1.51. The maximum atomic E-state index is 12.0. The van der Waals surface area contributed by atoms with Gasteiger partial charge >= 0.3 is 6.03 Å². The summed E-state index contributed by atoms with van der Waals surface area (Å²) in [6, 6.07) is 7.29. The van der Waals surface area contributed by atoms with Gasteiger partial charge in [-0.1, -0.05) is 17.7 Å². The smallest absolute Gasteiger partial charge is 0.319 e. The van der Waals surface area contributed by atoms with Gasteiger partial charge in [0.1, 0.15) is 18.3 Å².